The molecule has 3 aromatic rings. The van der Waals surface area contributed by atoms with Crippen LogP contribution >= 0.6 is 11.8 Å². The highest BCUT2D eigenvalue weighted by atomic mass is 32.2. The molecule has 2 aromatic carbocycles. The van der Waals surface area contributed by atoms with Gasteiger partial charge < -0.3 is 19.8 Å². The first-order chi connectivity index (χ1) is 12.6. The quantitative estimate of drug-likeness (QED) is 0.543. The van der Waals surface area contributed by atoms with Crippen molar-refractivity contribution in [3.8, 4) is 11.5 Å². The molecule has 1 aliphatic heterocycles. The Morgan fingerprint density at radius 2 is 2.04 bits per heavy atom. The van der Waals surface area contributed by atoms with Gasteiger partial charge in [0, 0.05) is 11.8 Å². The summed E-state index contributed by atoms with van der Waals surface area (Å²) in [6, 6.07) is 12.3. The summed E-state index contributed by atoms with van der Waals surface area (Å²) in [5.74, 6) is 1.05. The molecule has 2 N–H and O–H groups in total. The number of H-pyrrole nitrogens is 1. The molecule has 0 radical (unpaired) electrons. The van der Waals surface area contributed by atoms with Gasteiger partial charge in [-0.1, -0.05) is 23.9 Å². The number of aromatic nitrogens is 2. The maximum Gasteiger partial charge on any atom is 0.259 e. The molecule has 1 amide bonds. The summed E-state index contributed by atoms with van der Waals surface area (Å²) < 4.78 is 10.6. The Morgan fingerprint density at radius 1 is 1.23 bits per heavy atom. The second kappa shape index (κ2) is 6.72. The predicted octanol–water partition coefficient (Wildman–Crippen LogP) is 2.77. The first kappa shape index (κ1) is 16.5. The van der Waals surface area contributed by atoms with Crippen molar-refractivity contribution in [2.75, 3.05) is 12.1 Å². The first-order valence-corrected chi connectivity index (χ1v) is 8.84. The number of nitrogens with zero attached hydrogens (tertiary/aromatic N) is 1. The zero-order valence-corrected chi connectivity index (χ0v) is 14.6. The SMILES string of the molecule is C[C@@H](Sc1nc2ccccc2c(=O)[nH]1)C(=O)Nc1ccc2c(c1)OCO2. The lowest BCUT2D eigenvalue weighted by Gasteiger charge is -2.12. The maximum absolute atomic E-state index is 12.4. The summed E-state index contributed by atoms with van der Waals surface area (Å²) in [4.78, 5) is 31.7. The van der Waals surface area contributed by atoms with Crippen molar-refractivity contribution in [1.82, 2.24) is 9.97 Å². The molecule has 1 aliphatic rings. The lowest BCUT2D eigenvalue weighted by molar-refractivity contribution is -0.115. The Hall–Kier alpha value is -3.00. The zero-order chi connectivity index (χ0) is 18.1. The van der Waals surface area contributed by atoms with Crippen molar-refractivity contribution in [3.63, 3.8) is 0 Å². The minimum absolute atomic E-state index is 0.181. The number of hydrogen-bond acceptors (Lipinski definition) is 6. The third kappa shape index (κ3) is 3.23. The van der Waals surface area contributed by atoms with Gasteiger partial charge in [0.25, 0.3) is 5.56 Å². The third-order valence-electron chi connectivity index (χ3n) is 3.89. The molecule has 0 fully saturated rings. The third-order valence-corrected chi connectivity index (χ3v) is 4.87. The number of carbonyl (C=O) groups excluding carboxylic acids is 1. The lowest BCUT2D eigenvalue weighted by Crippen LogP contribution is -2.23. The average Bonchev–Trinajstić information content (AvgIpc) is 3.09. The van der Waals surface area contributed by atoms with E-state index in [1.807, 2.05) is 6.07 Å². The van der Waals surface area contributed by atoms with E-state index >= 15 is 0 Å². The highest BCUT2D eigenvalue weighted by Gasteiger charge is 2.19. The molecule has 132 valence electrons. The molecule has 1 aromatic heterocycles. The fourth-order valence-electron chi connectivity index (χ4n) is 2.56. The number of thioether (sulfide) groups is 1. The van der Waals surface area contributed by atoms with Gasteiger partial charge in [-0.25, -0.2) is 4.98 Å². The van der Waals surface area contributed by atoms with E-state index in [9.17, 15) is 9.59 Å². The van der Waals surface area contributed by atoms with Crippen LogP contribution < -0.4 is 20.3 Å². The standard InChI is InChI=1S/C18H15N3O4S/c1-10(16(22)19-11-6-7-14-15(8-11)25-9-24-14)26-18-20-13-5-3-2-4-12(13)17(23)21-18/h2-8,10H,9H2,1H3,(H,19,22)(H,20,21,23)/t10-/m1/s1. The van der Waals surface area contributed by atoms with Crippen LogP contribution in [0.15, 0.2) is 52.4 Å². The molecule has 0 aliphatic carbocycles. The molecule has 1 atom stereocenters. The highest BCUT2D eigenvalue weighted by molar-refractivity contribution is 8.00. The van der Waals surface area contributed by atoms with Crippen LogP contribution in [-0.4, -0.2) is 27.9 Å². The zero-order valence-electron chi connectivity index (χ0n) is 13.8. The van der Waals surface area contributed by atoms with E-state index in [-0.39, 0.29) is 18.3 Å². The van der Waals surface area contributed by atoms with Crippen LogP contribution in [0.1, 0.15) is 6.92 Å². The normalized spacial score (nSPS) is 13.6. The summed E-state index contributed by atoms with van der Waals surface area (Å²) in [7, 11) is 0. The van der Waals surface area contributed by atoms with Crippen molar-refractivity contribution in [3.05, 3.63) is 52.8 Å². The van der Waals surface area contributed by atoms with Crippen LogP contribution in [0.2, 0.25) is 0 Å². The molecule has 26 heavy (non-hydrogen) atoms. The van der Waals surface area contributed by atoms with Gasteiger partial charge in [-0.05, 0) is 31.2 Å². The number of benzene rings is 2. The number of rotatable bonds is 4. The van der Waals surface area contributed by atoms with Crippen LogP contribution in [0, 0.1) is 0 Å². The summed E-state index contributed by atoms with van der Waals surface area (Å²) >= 11 is 1.19. The van der Waals surface area contributed by atoms with Gasteiger partial charge in [0.05, 0.1) is 16.2 Å². The number of hydrogen-bond donors (Lipinski definition) is 2. The predicted molar refractivity (Wildman–Crippen MR) is 98.9 cm³/mol. The van der Waals surface area contributed by atoms with E-state index in [2.05, 4.69) is 15.3 Å². The average molecular weight is 369 g/mol. The Morgan fingerprint density at radius 3 is 2.92 bits per heavy atom. The summed E-state index contributed by atoms with van der Waals surface area (Å²) in [6.07, 6.45) is 0. The molecule has 0 saturated carbocycles. The van der Waals surface area contributed by atoms with Crippen LogP contribution in [0.4, 0.5) is 5.69 Å². The summed E-state index contributed by atoms with van der Waals surface area (Å²) in [6.45, 7) is 1.93. The minimum atomic E-state index is -0.454. The molecule has 0 unspecified atom stereocenters. The van der Waals surface area contributed by atoms with Gasteiger partial charge in [0.1, 0.15) is 0 Å². The van der Waals surface area contributed by atoms with Crippen LogP contribution in [-0.2, 0) is 4.79 Å². The maximum atomic E-state index is 12.4. The summed E-state index contributed by atoms with van der Waals surface area (Å²) in [5, 5.41) is 3.30. The van der Waals surface area contributed by atoms with Crippen molar-refractivity contribution < 1.29 is 14.3 Å². The second-order valence-electron chi connectivity index (χ2n) is 5.71. The van der Waals surface area contributed by atoms with Crippen molar-refractivity contribution in [2.45, 2.75) is 17.3 Å². The molecular weight excluding hydrogens is 354 g/mol. The van der Waals surface area contributed by atoms with Crippen molar-refractivity contribution in [1.29, 1.82) is 0 Å². The lowest BCUT2D eigenvalue weighted by atomic mass is 10.2. The van der Waals surface area contributed by atoms with Gasteiger partial charge >= 0.3 is 0 Å². The molecule has 2 heterocycles. The molecule has 0 bridgehead atoms. The Bertz CT molecular complexity index is 1050. The van der Waals surface area contributed by atoms with Gasteiger partial charge in [-0.15, -0.1) is 0 Å². The largest absolute Gasteiger partial charge is 0.454 e. The van der Waals surface area contributed by atoms with Gasteiger partial charge in [0.2, 0.25) is 12.7 Å². The topological polar surface area (TPSA) is 93.3 Å². The van der Waals surface area contributed by atoms with Gasteiger partial charge in [-0.2, -0.15) is 0 Å². The highest BCUT2D eigenvalue weighted by Crippen LogP contribution is 2.34. The van der Waals surface area contributed by atoms with Gasteiger partial charge in [0.15, 0.2) is 16.7 Å². The smallest absolute Gasteiger partial charge is 0.259 e. The minimum Gasteiger partial charge on any atom is -0.454 e. The number of para-hydroxylation sites is 1. The number of anilines is 1. The van der Waals surface area contributed by atoms with E-state index in [1.54, 1.807) is 43.3 Å². The van der Waals surface area contributed by atoms with E-state index < -0.39 is 5.25 Å². The van der Waals surface area contributed by atoms with Gasteiger partial charge in [-0.3, -0.25) is 9.59 Å². The fraction of sp³-hybridized carbons (Fsp3) is 0.167. The van der Waals surface area contributed by atoms with E-state index in [1.165, 1.54) is 11.8 Å². The Balaban J connectivity index is 1.48. The van der Waals surface area contributed by atoms with E-state index in [0.717, 1.165) is 0 Å². The molecule has 0 spiro atoms. The number of aromatic amines is 1. The Kier molecular flexibility index (Phi) is 4.26. The second-order valence-corrected chi connectivity index (χ2v) is 7.04. The number of amides is 1. The number of carbonyl (C=O) groups is 1. The molecule has 4 rings (SSSR count). The monoisotopic (exact) mass is 369 g/mol. The van der Waals surface area contributed by atoms with Crippen molar-refractivity contribution in [2.24, 2.45) is 0 Å². The van der Waals surface area contributed by atoms with Crippen LogP contribution in [0.25, 0.3) is 10.9 Å². The van der Waals surface area contributed by atoms with Crippen LogP contribution in [0.5, 0.6) is 11.5 Å². The fourth-order valence-corrected chi connectivity index (χ4v) is 3.36. The number of nitrogens with one attached hydrogen (secondary N) is 2. The molecule has 8 heteroatoms. The molecule has 7 nitrogen and oxygen atoms in total. The summed E-state index contributed by atoms with van der Waals surface area (Å²) in [5.41, 5.74) is 0.996. The van der Waals surface area contributed by atoms with E-state index in [4.69, 9.17) is 9.47 Å². The number of ether oxygens (including phenoxy) is 2. The first-order valence-electron chi connectivity index (χ1n) is 7.96. The Labute approximate surface area is 152 Å². The van der Waals surface area contributed by atoms with Crippen LogP contribution in [0.3, 0.4) is 0 Å². The number of fused-ring (bicyclic) bond motifs is 2. The van der Waals surface area contributed by atoms with E-state index in [0.29, 0.717) is 33.2 Å². The molecule has 0 saturated heterocycles. The van der Waals surface area contributed by atoms with Crippen molar-refractivity contribution >= 4 is 34.3 Å². The molecular formula is C18H15N3O4S.